The van der Waals surface area contributed by atoms with Crippen molar-refractivity contribution in [1.29, 1.82) is 0 Å². The van der Waals surface area contributed by atoms with Gasteiger partial charge < -0.3 is 19.1 Å². The van der Waals surface area contributed by atoms with Crippen LogP contribution in [0.25, 0.3) is 0 Å². The quantitative estimate of drug-likeness (QED) is 0.435. The summed E-state index contributed by atoms with van der Waals surface area (Å²) < 4.78 is 10.7. The van der Waals surface area contributed by atoms with E-state index >= 15 is 0 Å². The molecule has 0 saturated heterocycles. The highest BCUT2D eigenvalue weighted by atomic mass is 16.5. The van der Waals surface area contributed by atoms with Crippen molar-refractivity contribution in [2.45, 2.75) is 52.7 Å². The molecular formula is C13H24O4. The molecule has 0 saturated carbocycles. The third-order valence-corrected chi connectivity index (χ3v) is 2.51. The van der Waals surface area contributed by atoms with E-state index in [4.69, 9.17) is 9.47 Å². The molecule has 0 aliphatic heterocycles. The first-order valence-corrected chi connectivity index (χ1v) is 6.11. The molecule has 0 unspecified atom stereocenters. The molecule has 0 radical (unpaired) electrons. The number of hydrogen-bond donors (Lipinski definition) is 0. The van der Waals surface area contributed by atoms with Crippen molar-refractivity contribution in [3.05, 3.63) is 0 Å². The van der Waals surface area contributed by atoms with Crippen LogP contribution in [0.15, 0.2) is 0 Å². The van der Waals surface area contributed by atoms with Gasteiger partial charge in [0, 0.05) is 13.2 Å². The van der Waals surface area contributed by atoms with Crippen molar-refractivity contribution in [2.24, 2.45) is 5.41 Å². The summed E-state index contributed by atoms with van der Waals surface area (Å²) in [6.45, 7) is 8.52. The van der Waals surface area contributed by atoms with E-state index in [1.165, 1.54) is 0 Å². The van der Waals surface area contributed by atoms with Gasteiger partial charge in [-0.1, -0.05) is 0 Å². The molecule has 0 heterocycles. The van der Waals surface area contributed by atoms with Crippen molar-refractivity contribution in [2.75, 3.05) is 13.2 Å². The molecule has 0 aromatic carbocycles. The Hall–Kier alpha value is -0.740. The van der Waals surface area contributed by atoms with Gasteiger partial charge in [0.25, 0.3) is 0 Å². The first-order valence-electron chi connectivity index (χ1n) is 6.11. The van der Waals surface area contributed by atoms with E-state index < -0.39 is 5.41 Å². The Bertz CT molecular complexity index is 199. The summed E-state index contributed by atoms with van der Waals surface area (Å²) in [5.74, 6) is 0. The minimum Gasteiger partial charge on any atom is -0.379 e. The molecule has 17 heavy (non-hydrogen) atoms. The number of carbonyl (C=O) groups excluding carboxylic acids is 2. The number of rotatable bonds is 10. The zero-order chi connectivity index (χ0) is 13.3. The molecule has 0 aliphatic carbocycles. The Labute approximate surface area is 104 Å². The van der Waals surface area contributed by atoms with E-state index in [-0.39, 0.29) is 12.2 Å². The van der Waals surface area contributed by atoms with E-state index in [0.29, 0.717) is 38.6 Å². The molecular weight excluding hydrogens is 220 g/mol. The SMILES string of the molecule is CC(C)OCCC(C=O)(C=O)CCOC(C)C. The maximum Gasteiger partial charge on any atom is 0.133 e. The fraction of sp³-hybridized carbons (Fsp3) is 0.846. The molecule has 0 aromatic rings. The van der Waals surface area contributed by atoms with E-state index in [9.17, 15) is 9.59 Å². The Morgan fingerprint density at radius 2 is 1.24 bits per heavy atom. The minimum absolute atomic E-state index is 0.109. The van der Waals surface area contributed by atoms with Gasteiger partial charge in [0.15, 0.2) is 0 Å². The molecule has 100 valence electrons. The molecule has 0 spiro atoms. The van der Waals surface area contributed by atoms with Gasteiger partial charge in [0.05, 0.1) is 17.6 Å². The molecule has 0 N–H and O–H groups in total. The summed E-state index contributed by atoms with van der Waals surface area (Å²) >= 11 is 0. The number of carbonyl (C=O) groups is 2. The fourth-order valence-corrected chi connectivity index (χ4v) is 1.36. The predicted molar refractivity (Wildman–Crippen MR) is 66.0 cm³/mol. The Morgan fingerprint density at radius 3 is 1.47 bits per heavy atom. The molecule has 0 aromatic heterocycles. The van der Waals surface area contributed by atoms with E-state index in [1.807, 2.05) is 27.7 Å². The van der Waals surface area contributed by atoms with Crippen LogP contribution >= 0.6 is 0 Å². The lowest BCUT2D eigenvalue weighted by Gasteiger charge is -2.22. The summed E-state index contributed by atoms with van der Waals surface area (Å²) in [5.41, 5.74) is -0.955. The molecule has 0 bridgehead atoms. The molecule has 0 aliphatic rings. The molecule has 4 heteroatoms. The van der Waals surface area contributed by atoms with Crippen LogP contribution in [-0.2, 0) is 19.1 Å². The van der Waals surface area contributed by atoms with E-state index in [2.05, 4.69) is 0 Å². The van der Waals surface area contributed by atoms with Gasteiger partial charge in [0.1, 0.15) is 12.6 Å². The van der Waals surface area contributed by atoms with Crippen LogP contribution in [0.3, 0.4) is 0 Å². The number of aldehydes is 2. The van der Waals surface area contributed by atoms with Crippen molar-refractivity contribution >= 4 is 12.6 Å². The maximum atomic E-state index is 11.1. The summed E-state index contributed by atoms with van der Waals surface area (Å²) in [4.78, 5) is 22.1. The average Bonchev–Trinajstić information content (AvgIpc) is 2.26. The summed E-state index contributed by atoms with van der Waals surface area (Å²) in [7, 11) is 0. The van der Waals surface area contributed by atoms with Crippen LogP contribution in [0, 0.1) is 5.41 Å². The third kappa shape index (κ3) is 7.23. The second-order valence-corrected chi connectivity index (χ2v) is 4.81. The molecule has 0 atom stereocenters. The highest BCUT2D eigenvalue weighted by Gasteiger charge is 2.29. The third-order valence-electron chi connectivity index (χ3n) is 2.51. The van der Waals surface area contributed by atoms with Crippen LogP contribution in [0.4, 0.5) is 0 Å². The minimum atomic E-state index is -0.955. The second kappa shape index (κ2) is 8.37. The normalized spacial score (nSPS) is 12.1. The Balaban J connectivity index is 4.15. The van der Waals surface area contributed by atoms with Gasteiger partial charge in [-0.25, -0.2) is 0 Å². The zero-order valence-corrected chi connectivity index (χ0v) is 11.3. The summed E-state index contributed by atoms with van der Waals surface area (Å²) in [5, 5.41) is 0. The zero-order valence-electron chi connectivity index (χ0n) is 11.3. The molecule has 4 nitrogen and oxygen atoms in total. The van der Waals surface area contributed by atoms with E-state index in [1.54, 1.807) is 0 Å². The topological polar surface area (TPSA) is 52.6 Å². The van der Waals surface area contributed by atoms with Crippen molar-refractivity contribution in [1.82, 2.24) is 0 Å². The number of ether oxygens (including phenoxy) is 2. The lowest BCUT2D eigenvalue weighted by Crippen LogP contribution is -2.29. The van der Waals surface area contributed by atoms with Crippen molar-refractivity contribution in [3.8, 4) is 0 Å². The second-order valence-electron chi connectivity index (χ2n) is 4.81. The lowest BCUT2D eigenvalue weighted by molar-refractivity contribution is -0.129. The molecule has 0 amide bonds. The molecule has 0 rings (SSSR count). The highest BCUT2D eigenvalue weighted by Crippen LogP contribution is 2.22. The van der Waals surface area contributed by atoms with Crippen LogP contribution in [0.1, 0.15) is 40.5 Å². The smallest absolute Gasteiger partial charge is 0.133 e. The van der Waals surface area contributed by atoms with Gasteiger partial charge in [0.2, 0.25) is 0 Å². The van der Waals surface area contributed by atoms with Gasteiger partial charge in [-0.3, -0.25) is 0 Å². The highest BCUT2D eigenvalue weighted by molar-refractivity contribution is 5.83. The van der Waals surface area contributed by atoms with Crippen LogP contribution in [0.2, 0.25) is 0 Å². The molecule has 0 fully saturated rings. The Morgan fingerprint density at radius 1 is 0.882 bits per heavy atom. The first kappa shape index (κ1) is 16.3. The fourth-order valence-electron chi connectivity index (χ4n) is 1.36. The van der Waals surface area contributed by atoms with Gasteiger partial charge in [-0.2, -0.15) is 0 Å². The van der Waals surface area contributed by atoms with Crippen molar-refractivity contribution < 1.29 is 19.1 Å². The lowest BCUT2D eigenvalue weighted by atomic mass is 9.85. The Kier molecular flexibility index (Phi) is 8.00. The average molecular weight is 244 g/mol. The monoisotopic (exact) mass is 244 g/mol. The van der Waals surface area contributed by atoms with Gasteiger partial charge >= 0.3 is 0 Å². The van der Waals surface area contributed by atoms with E-state index in [0.717, 1.165) is 0 Å². The van der Waals surface area contributed by atoms with Crippen LogP contribution in [0.5, 0.6) is 0 Å². The number of hydrogen-bond acceptors (Lipinski definition) is 4. The summed E-state index contributed by atoms with van der Waals surface area (Å²) in [6.07, 6.45) is 2.48. The standard InChI is InChI=1S/C13H24O4/c1-11(2)16-7-5-13(9-14,10-15)6-8-17-12(3)4/h9-12H,5-8H2,1-4H3. The van der Waals surface area contributed by atoms with Crippen LogP contribution in [-0.4, -0.2) is 38.0 Å². The van der Waals surface area contributed by atoms with Crippen LogP contribution < -0.4 is 0 Å². The largest absolute Gasteiger partial charge is 0.379 e. The summed E-state index contributed by atoms with van der Waals surface area (Å²) in [6, 6.07) is 0. The van der Waals surface area contributed by atoms with Crippen molar-refractivity contribution in [3.63, 3.8) is 0 Å². The first-order chi connectivity index (χ1) is 7.95. The van der Waals surface area contributed by atoms with Gasteiger partial charge in [-0.15, -0.1) is 0 Å². The van der Waals surface area contributed by atoms with Gasteiger partial charge in [-0.05, 0) is 40.5 Å². The predicted octanol–water partition coefficient (Wildman–Crippen LogP) is 2.00. The maximum absolute atomic E-state index is 11.1.